The normalized spacial score (nSPS) is 15.5. The largest absolute Gasteiger partial charge is 0.378 e. The van der Waals surface area contributed by atoms with Crippen molar-refractivity contribution < 1.29 is 4.74 Å². The van der Waals surface area contributed by atoms with Crippen molar-refractivity contribution in [3.63, 3.8) is 0 Å². The summed E-state index contributed by atoms with van der Waals surface area (Å²) >= 11 is 11.5. The van der Waals surface area contributed by atoms with Gasteiger partial charge >= 0.3 is 0 Å². The number of rotatable bonds is 4. The van der Waals surface area contributed by atoms with Gasteiger partial charge in [0.25, 0.3) is 0 Å². The number of benzene rings is 1. The highest BCUT2D eigenvalue weighted by Crippen LogP contribution is 2.19. The molecule has 0 aliphatic carbocycles. The topological polar surface area (TPSA) is 62.3 Å². The van der Waals surface area contributed by atoms with Crippen LogP contribution in [0.5, 0.6) is 0 Å². The third-order valence-corrected chi connectivity index (χ3v) is 4.30. The summed E-state index contributed by atoms with van der Waals surface area (Å²) in [5, 5.41) is 7.07. The number of halogens is 1. The van der Waals surface area contributed by atoms with Gasteiger partial charge in [-0.25, -0.2) is 4.98 Å². The molecule has 1 aliphatic heterocycles. The molecule has 1 unspecified atom stereocenters. The number of nitrogens with zero attached hydrogens (tertiary/aromatic N) is 3. The van der Waals surface area contributed by atoms with Crippen molar-refractivity contribution >= 4 is 40.7 Å². The van der Waals surface area contributed by atoms with E-state index in [0.29, 0.717) is 29.4 Å². The van der Waals surface area contributed by atoms with Crippen molar-refractivity contribution in [1.82, 2.24) is 15.3 Å². The van der Waals surface area contributed by atoms with Gasteiger partial charge in [-0.05, 0) is 24.7 Å². The summed E-state index contributed by atoms with van der Waals surface area (Å²) in [5.41, 5.74) is 1.15. The van der Waals surface area contributed by atoms with Crippen molar-refractivity contribution in [2.75, 3.05) is 36.5 Å². The Balaban J connectivity index is 1.65. The summed E-state index contributed by atoms with van der Waals surface area (Å²) in [7, 11) is 0. The second-order valence-electron chi connectivity index (χ2n) is 5.70. The highest BCUT2D eigenvalue weighted by Gasteiger charge is 2.15. The third kappa shape index (κ3) is 5.01. The van der Waals surface area contributed by atoms with Crippen LogP contribution in [0.4, 0.5) is 11.8 Å². The molecule has 0 amide bonds. The maximum absolute atomic E-state index is 6.14. The Labute approximate surface area is 157 Å². The molecular formula is C17H20ClN5OS. The first-order valence-electron chi connectivity index (χ1n) is 8.11. The lowest BCUT2D eigenvalue weighted by atomic mass is 10.1. The Kier molecular flexibility index (Phi) is 6.01. The summed E-state index contributed by atoms with van der Waals surface area (Å²) in [6.07, 6.45) is 0. The molecule has 1 aliphatic rings. The molecule has 0 saturated carbocycles. The van der Waals surface area contributed by atoms with Gasteiger partial charge in [0, 0.05) is 19.2 Å². The molecule has 1 aromatic carbocycles. The van der Waals surface area contributed by atoms with Crippen LogP contribution in [-0.2, 0) is 4.74 Å². The molecule has 1 atom stereocenters. The molecule has 2 heterocycles. The number of ether oxygens (including phenoxy) is 1. The number of nitrogens with one attached hydrogen (secondary N) is 2. The molecular weight excluding hydrogens is 358 g/mol. The van der Waals surface area contributed by atoms with Gasteiger partial charge in [0.2, 0.25) is 5.95 Å². The van der Waals surface area contributed by atoms with Crippen LogP contribution in [0.3, 0.4) is 0 Å². The van der Waals surface area contributed by atoms with Gasteiger partial charge < -0.3 is 20.3 Å². The Morgan fingerprint density at radius 2 is 1.96 bits per heavy atom. The fourth-order valence-electron chi connectivity index (χ4n) is 2.58. The van der Waals surface area contributed by atoms with Crippen molar-refractivity contribution in [2.24, 2.45) is 0 Å². The predicted octanol–water partition coefficient (Wildman–Crippen LogP) is 3.01. The van der Waals surface area contributed by atoms with Gasteiger partial charge in [-0.15, -0.1) is 0 Å². The predicted molar refractivity (Wildman–Crippen MR) is 104 cm³/mol. The molecule has 1 aromatic heterocycles. The zero-order chi connectivity index (χ0) is 17.6. The van der Waals surface area contributed by atoms with E-state index in [2.05, 4.69) is 25.5 Å². The quantitative estimate of drug-likeness (QED) is 0.627. The van der Waals surface area contributed by atoms with Crippen LogP contribution in [0.1, 0.15) is 18.5 Å². The molecule has 3 rings (SSSR count). The van der Waals surface area contributed by atoms with E-state index in [1.165, 1.54) is 0 Å². The van der Waals surface area contributed by atoms with Crippen LogP contribution in [-0.4, -0.2) is 41.4 Å². The highest BCUT2D eigenvalue weighted by atomic mass is 35.5. The van der Waals surface area contributed by atoms with Crippen LogP contribution in [0.15, 0.2) is 36.4 Å². The fourth-order valence-corrected chi connectivity index (χ4v) is 3.02. The molecule has 6 nitrogen and oxygen atoms in total. The van der Waals surface area contributed by atoms with Gasteiger partial charge in [0.15, 0.2) is 5.11 Å². The minimum atomic E-state index is 0.0686. The van der Waals surface area contributed by atoms with E-state index >= 15 is 0 Å². The van der Waals surface area contributed by atoms with Crippen molar-refractivity contribution in [1.29, 1.82) is 0 Å². The molecule has 2 N–H and O–H groups in total. The molecule has 25 heavy (non-hydrogen) atoms. The molecule has 2 aromatic rings. The van der Waals surface area contributed by atoms with E-state index in [0.717, 1.165) is 24.5 Å². The lowest BCUT2D eigenvalue weighted by Crippen LogP contribution is -2.37. The Bertz CT molecular complexity index is 724. The lowest BCUT2D eigenvalue weighted by molar-refractivity contribution is 0.122. The number of hydrogen-bond donors (Lipinski definition) is 2. The summed E-state index contributed by atoms with van der Waals surface area (Å²) in [6.45, 7) is 4.96. The number of thiocarbonyl (C=S) groups is 1. The average Bonchev–Trinajstić information content (AvgIpc) is 2.62. The molecule has 132 valence electrons. The van der Waals surface area contributed by atoms with Crippen LogP contribution < -0.4 is 15.5 Å². The summed E-state index contributed by atoms with van der Waals surface area (Å²) < 4.78 is 5.37. The first-order valence-corrected chi connectivity index (χ1v) is 8.90. The SMILES string of the molecule is CC(NC(=S)Nc1nc(Cl)cc(N2CCOCC2)n1)c1ccccc1. The van der Waals surface area contributed by atoms with E-state index in [9.17, 15) is 0 Å². The monoisotopic (exact) mass is 377 g/mol. The number of aromatic nitrogens is 2. The smallest absolute Gasteiger partial charge is 0.232 e. The summed E-state index contributed by atoms with van der Waals surface area (Å²) in [6, 6.07) is 11.9. The fraction of sp³-hybridized carbons (Fsp3) is 0.353. The van der Waals surface area contributed by atoms with Crippen LogP contribution in [0.25, 0.3) is 0 Å². The maximum atomic E-state index is 6.14. The first-order chi connectivity index (χ1) is 12.1. The summed E-state index contributed by atoms with van der Waals surface area (Å²) in [5.74, 6) is 1.15. The van der Waals surface area contributed by atoms with Crippen LogP contribution in [0.2, 0.25) is 5.15 Å². The van der Waals surface area contributed by atoms with E-state index in [4.69, 9.17) is 28.6 Å². The van der Waals surface area contributed by atoms with Crippen LogP contribution in [0, 0.1) is 0 Å². The van der Waals surface area contributed by atoms with Crippen LogP contribution >= 0.6 is 23.8 Å². The molecule has 0 spiro atoms. The van der Waals surface area contributed by atoms with Gasteiger partial charge in [-0.1, -0.05) is 41.9 Å². The van der Waals surface area contributed by atoms with Crippen molar-refractivity contribution in [3.05, 3.63) is 47.1 Å². The van der Waals surface area contributed by atoms with E-state index < -0.39 is 0 Å². The second-order valence-corrected chi connectivity index (χ2v) is 6.50. The molecule has 0 bridgehead atoms. The molecule has 8 heteroatoms. The number of anilines is 2. The van der Waals surface area contributed by atoms with E-state index in [-0.39, 0.29) is 6.04 Å². The number of morpholine rings is 1. The highest BCUT2D eigenvalue weighted by molar-refractivity contribution is 7.80. The van der Waals surface area contributed by atoms with Crippen molar-refractivity contribution in [2.45, 2.75) is 13.0 Å². The molecule has 0 radical (unpaired) electrons. The van der Waals surface area contributed by atoms with Crippen molar-refractivity contribution in [3.8, 4) is 0 Å². The standard InChI is InChI=1S/C17H20ClN5OS/c1-12(13-5-3-2-4-6-13)19-17(25)22-16-20-14(18)11-15(21-16)23-7-9-24-10-8-23/h2-6,11-12H,7-10H2,1H3,(H2,19,20,21,22,25). The molecule has 1 fully saturated rings. The van der Waals surface area contributed by atoms with Gasteiger partial charge in [0.1, 0.15) is 11.0 Å². The Morgan fingerprint density at radius 1 is 1.24 bits per heavy atom. The Morgan fingerprint density at radius 3 is 2.68 bits per heavy atom. The van der Waals surface area contributed by atoms with Gasteiger partial charge in [0.05, 0.1) is 19.3 Å². The minimum Gasteiger partial charge on any atom is -0.378 e. The minimum absolute atomic E-state index is 0.0686. The van der Waals surface area contributed by atoms with Gasteiger partial charge in [-0.3, -0.25) is 0 Å². The molecule has 1 saturated heterocycles. The maximum Gasteiger partial charge on any atom is 0.232 e. The number of hydrogen-bond acceptors (Lipinski definition) is 5. The zero-order valence-electron chi connectivity index (χ0n) is 13.9. The lowest BCUT2D eigenvalue weighted by Gasteiger charge is -2.28. The average molecular weight is 378 g/mol. The first kappa shape index (κ1) is 17.8. The van der Waals surface area contributed by atoms with E-state index in [1.54, 1.807) is 6.07 Å². The third-order valence-electron chi connectivity index (χ3n) is 3.89. The second kappa shape index (κ2) is 8.42. The summed E-state index contributed by atoms with van der Waals surface area (Å²) in [4.78, 5) is 10.8. The van der Waals surface area contributed by atoms with E-state index in [1.807, 2.05) is 37.3 Å². The van der Waals surface area contributed by atoms with Gasteiger partial charge in [-0.2, -0.15) is 4.98 Å². The Hall–Kier alpha value is -1.96. The zero-order valence-corrected chi connectivity index (χ0v) is 15.5.